The largest absolute Gasteiger partial charge is 0.481 e. The van der Waals surface area contributed by atoms with E-state index in [0.717, 1.165) is 42.4 Å². The highest BCUT2D eigenvalue weighted by Gasteiger charge is 2.47. The number of hydrogen-bond acceptors (Lipinski definition) is 7. The molecule has 3 aliphatic rings. The van der Waals surface area contributed by atoms with Crippen molar-refractivity contribution in [3.8, 4) is 23.0 Å². The molecule has 3 aliphatic carbocycles. The van der Waals surface area contributed by atoms with E-state index in [4.69, 9.17) is 19.5 Å². The van der Waals surface area contributed by atoms with Crippen molar-refractivity contribution in [3.05, 3.63) is 150 Å². The molecule has 7 aromatic rings. The zero-order chi connectivity index (χ0) is 35.2. The van der Waals surface area contributed by atoms with Gasteiger partial charge < -0.3 is 14.8 Å². The molecule has 0 aliphatic heterocycles. The van der Waals surface area contributed by atoms with Crippen LogP contribution in [0.25, 0.3) is 34.0 Å². The molecule has 3 aromatic carbocycles. The molecule has 0 amide bonds. The van der Waals surface area contributed by atoms with Crippen LogP contribution in [0.4, 0.5) is 10.2 Å². The monoisotopic (exact) mass is 690 g/mol. The Balaban J connectivity index is 1.30. The van der Waals surface area contributed by atoms with E-state index in [-0.39, 0.29) is 23.7 Å². The van der Waals surface area contributed by atoms with Gasteiger partial charge in [-0.05, 0) is 72.4 Å². The Kier molecular flexibility index (Phi) is 7.87. The second-order valence-electron chi connectivity index (χ2n) is 13.7. The molecule has 258 valence electrons. The number of fused-ring (bicyclic) bond motifs is 4. The smallest absolute Gasteiger partial charge is 0.308 e. The molecule has 52 heavy (non-hydrogen) atoms. The number of benzene rings is 3. The van der Waals surface area contributed by atoms with Crippen LogP contribution in [0.15, 0.2) is 132 Å². The van der Waals surface area contributed by atoms with Crippen molar-refractivity contribution < 1.29 is 18.7 Å². The second-order valence-corrected chi connectivity index (χ2v) is 13.7. The average molecular weight is 691 g/mol. The number of pyridine rings is 1. The number of nitrogens with zero attached hydrogens (tertiary/aromatic N) is 5. The van der Waals surface area contributed by atoms with Gasteiger partial charge in [0.25, 0.3) is 0 Å². The summed E-state index contributed by atoms with van der Waals surface area (Å²) in [6.45, 7) is 0. The summed E-state index contributed by atoms with van der Waals surface area (Å²) in [5.41, 5.74) is 2.98. The number of carbonyl (C=O) groups is 1. The summed E-state index contributed by atoms with van der Waals surface area (Å²) in [4.78, 5) is 27.2. The molecule has 2 atom stereocenters. The first-order chi connectivity index (χ1) is 25.5. The maximum atomic E-state index is 15.3. The molecule has 4 aromatic heterocycles. The van der Waals surface area contributed by atoms with E-state index in [1.54, 1.807) is 18.4 Å². The van der Waals surface area contributed by atoms with Crippen LogP contribution in [0.3, 0.4) is 0 Å². The standard InChI is InChI=1S/C42H35FN6O3/c43-31-23-32-38(39-45-33(34-17-10-22-52-34)24-35(47-39)46-37-27-20-18-26(19-21-27)36(37)41(50)51)48-49(40(32)44-25-31)42(28-11-4-1-5-12-28,29-13-6-2-7-14-29)30-15-8-3-9-16-30/h1-17,22-27,36-37H,18-21H2,(H,50,51)(H,45,46,47). The molecule has 2 N–H and O–H groups in total. The predicted molar refractivity (Wildman–Crippen MR) is 195 cm³/mol. The number of furan rings is 1. The van der Waals surface area contributed by atoms with Crippen molar-refractivity contribution in [1.82, 2.24) is 24.7 Å². The van der Waals surface area contributed by atoms with Crippen LogP contribution in [-0.4, -0.2) is 41.9 Å². The number of halogens is 1. The first-order valence-electron chi connectivity index (χ1n) is 17.6. The van der Waals surface area contributed by atoms with Crippen molar-refractivity contribution in [3.63, 3.8) is 0 Å². The van der Waals surface area contributed by atoms with E-state index in [2.05, 4.69) is 46.7 Å². The number of aromatic nitrogens is 5. The van der Waals surface area contributed by atoms with Gasteiger partial charge in [-0.2, -0.15) is 5.10 Å². The normalized spacial score (nSPS) is 19.9. The van der Waals surface area contributed by atoms with Crippen LogP contribution in [0, 0.1) is 23.6 Å². The highest BCUT2D eigenvalue weighted by molar-refractivity contribution is 5.90. The van der Waals surface area contributed by atoms with Gasteiger partial charge in [-0.15, -0.1) is 0 Å². The van der Waals surface area contributed by atoms with E-state index in [1.807, 2.05) is 65.3 Å². The van der Waals surface area contributed by atoms with Gasteiger partial charge in [-0.1, -0.05) is 91.0 Å². The highest BCUT2D eigenvalue weighted by Crippen LogP contribution is 2.47. The van der Waals surface area contributed by atoms with Gasteiger partial charge in [0.2, 0.25) is 0 Å². The second kappa shape index (κ2) is 12.9. The molecule has 3 saturated carbocycles. The molecule has 9 nitrogen and oxygen atoms in total. The molecule has 2 bridgehead atoms. The Hall–Kier alpha value is -6.16. The number of hydrogen-bond donors (Lipinski definition) is 2. The van der Waals surface area contributed by atoms with Gasteiger partial charge in [-0.25, -0.2) is 24.0 Å². The van der Waals surface area contributed by atoms with Gasteiger partial charge in [-0.3, -0.25) is 4.79 Å². The third kappa shape index (κ3) is 5.25. The fraction of sp³-hybridized carbons (Fsp3) is 0.214. The van der Waals surface area contributed by atoms with E-state index in [9.17, 15) is 9.90 Å². The lowest BCUT2D eigenvalue weighted by Crippen LogP contribution is -2.51. The summed E-state index contributed by atoms with van der Waals surface area (Å²) < 4.78 is 22.9. The Bertz CT molecular complexity index is 2260. The zero-order valence-corrected chi connectivity index (χ0v) is 28.1. The maximum absolute atomic E-state index is 15.3. The molecule has 0 radical (unpaired) electrons. The summed E-state index contributed by atoms with van der Waals surface area (Å²) in [5, 5.41) is 19.6. The third-order valence-corrected chi connectivity index (χ3v) is 10.9. The first kappa shape index (κ1) is 31.8. The first-order valence-corrected chi connectivity index (χ1v) is 17.6. The van der Waals surface area contributed by atoms with Gasteiger partial charge >= 0.3 is 5.97 Å². The minimum atomic E-state index is -1.04. The van der Waals surface area contributed by atoms with Crippen molar-refractivity contribution in [2.24, 2.45) is 17.8 Å². The molecular formula is C42H35FN6O3. The Morgan fingerprint density at radius 3 is 2.00 bits per heavy atom. The average Bonchev–Trinajstić information content (AvgIpc) is 3.86. The summed E-state index contributed by atoms with van der Waals surface area (Å²) in [6.07, 6.45) is 6.54. The van der Waals surface area contributed by atoms with Gasteiger partial charge in [0.15, 0.2) is 17.2 Å². The van der Waals surface area contributed by atoms with Gasteiger partial charge in [0.1, 0.15) is 28.6 Å². The molecule has 10 rings (SSSR count). The third-order valence-electron chi connectivity index (χ3n) is 10.9. The fourth-order valence-electron chi connectivity index (χ4n) is 8.64. The number of rotatable bonds is 9. The SMILES string of the molecule is O=C(O)C1C2CCC(CC2)C1Nc1cc(-c2ccco2)nc(-c2nn(C(c3ccccc3)(c3ccccc3)c3ccccc3)c3ncc(F)cc23)n1. The number of anilines is 1. The van der Waals surface area contributed by atoms with Crippen molar-refractivity contribution in [1.29, 1.82) is 0 Å². The van der Waals surface area contributed by atoms with Crippen molar-refractivity contribution in [2.75, 3.05) is 5.32 Å². The molecule has 3 fully saturated rings. The zero-order valence-electron chi connectivity index (χ0n) is 28.1. The summed E-state index contributed by atoms with van der Waals surface area (Å²) in [7, 11) is 0. The molecule has 4 heterocycles. The van der Waals surface area contributed by atoms with Crippen molar-refractivity contribution >= 4 is 22.8 Å². The fourth-order valence-corrected chi connectivity index (χ4v) is 8.64. The Morgan fingerprint density at radius 2 is 1.42 bits per heavy atom. The summed E-state index contributed by atoms with van der Waals surface area (Å²) in [5.74, 6) is -0.346. The molecule has 0 spiro atoms. The summed E-state index contributed by atoms with van der Waals surface area (Å²) in [6, 6.07) is 36.7. The van der Waals surface area contributed by atoms with E-state index < -0.39 is 23.2 Å². The number of carboxylic acids is 1. The van der Waals surface area contributed by atoms with E-state index in [1.165, 1.54) is 12.3 Å². The molecule has 2 unspecified atom stereocenters. The Morgan fingerprint density at radius 1 is 0.808 bits per heavy atom. The van der Waals surface area contributed by atoms with Crippen molar-refractivity contribution in [2.45, 2.75) is 37.3 Å². The lowest BCUT2D eigenvalue weighted by atomic mass is 9.61. The lowest BCUT2D eigenvalue weighted by molar-refractivity contribution is -0.148. The van der Waals surface area contributed by atoms with Crippen LogP contribution in [-0.2, 0) is 10.3 Å². The minimum Gasteiger partial charge on any atom is -0.481 e. The van der Waals surface area contributed by atoms with Crippen LogP contribution < -0.4 is 5.32 Å². The van der Waals surface area contributed by atoms with E-state index >= 15 is 4.39 Å². The van der Waals surface area contributed by atoms with Crippen LogP contribution in [0.2, 0.25) is 0 Å². The minimum absolute atomic E-state index is 0.113. The topological polar surface area (TPSA) is 119 Å². The quantitative estimate of drug-likeness (QED) is 0.145. The molecule has 0 saturated heterocycles. The number of nitrogens with one attached hydrogen (secondary N) is 1. The van der Waals surface area contributed by atoms with Gasteiger partial charge in [0.05, 0.1) is 23.8 Å². The van der Waals surface area contributed by atoms with Crippen LogP contribution in [0.1, 0.15) is 42.4 Å². The molecule has 10 heteroatoms. The highest BCUT2D eigenvalue weighted by atomic mass is 19.1. The van der Waals surface area contributed by atoms with Gasteiger partial charge in [0, 0.05) is 12.1 Å². The number of carboxylic acid groups (broad SMARTS) is 1. The van der Waals surface area contributed by atoms with E-state index in [0.29, 0.717) is 34.0 Å². The maximum Gasteiger partial charge on any atom is 0.308 e. The molecular weight excluding hydrogens is 655 g/mol. The number of aliphatic carboxylic acids is 1. The predicted octanol–water partition coefficient (Wildman–Crippen LogP) is 8.43. The van der Waals surface area contributed by atoms with Crippen LogP contribution in [0.5, 0.6) is 0 Å². The Labute approximate surface area is 299 Å². The lowest BCUT2D eigenvalue weighted by Gasteiger charge is -2.47. The summed E-state index contributed by atoms with van der Waals surface area (Å²) >= 11 is 0. The van der Waals surface area contributed by atoms with Crippen LogP contribution >= 0.6 is 0 Å².